The minimum atomic E-state index is -0.0725. The van der Waals surface area contributed by atoms with Gasteiger partial charge in [0.2, 0.25) is 0 Å². The van der Waals surface area contributed by atoms with Crippen molar-refractivity contribution in [3.63, 3.8) is 0 Å². The predicted molar refractivity (Wildman–Crippen MR) is 71.2 cm³/mol. The van der Waals surface area contributed by atoms with Crippen molar-refractivity contribution in [3.8, 4) is 0 Å². The summed E-state index contributed by atoms with van der Waals surface area (Å²) in [4.78, 5) is 14.1. The number of aromatic nitrogens is 2. The van der Waals surface area contributed by atoms with Gasteiger partial charge in [-0.05, 0) is 21.8 Å². The van der Waals surface area contributed by atoms with Crippen LogP contribution in [0.2, 0.25) is 0 Å². The molecule has 1 aromatic heterocycles. The van der Waals surface area contributed by atoms with Crippen LogP contribution in [0.25, 0.3) is 0 Å². The fourth-order valence-electron chi connectivity index (χ4n) is 1.86. The SMILES string of the molecule is CC(C)Cn1ncc(N2CC(N)C2)c(Br)c1=O. The minimum absolute atomic E-state index is 0.0725. The molecule has 0 aromatic carbocycles. The molecule has 1 aromatic rings. The zero-order valence-corrected chi connectivity index (χ0v) is 11.6. The molecule has 17 heavy (non-hydrogen) atoms. The Labute approximate surface area is 109 Å². The molecule has 0 aliphatic carbocycles. The first-order valence-electron chi connectivity index (χ1n) is 5.75. The highest BCUT2D eigenvalue weighted by molar-refractivity contribution is 9.10. The fraction of sp³-hybridized carbons (Fsp3) is 0.636. The van der Waals surface area contributed by atoms with E-state index in [1.54, 1.807) is 6.20 Å². The van der Waals surface area contributed by atoms with E-state index in [9.17, 15) is 4.79 Å². The Balaban J connectivity index is 2.26. The third-order valence-corrected chi connectivity index (χ3v) is 3.50. The Bertz CT molecular complexity index is 465. The van der Waals surface area contributed by atoms with E-state index in [2.05, 4.69) is 39.8 Å². The summed E-state index contributed by atoms with van der Waals surface area (Å²) < 4.78 is 2.08. The van der Waals surface area contributed by atoms with Crippen LogP contribution in [0.1, 0.15) is 13.8 Å². The summed E-state index contributed by atoms with van der Waals surface area (Å²) in [6.45, 7) is 6.33. The van der Waals surface area contributed by atoms with Gasteiger partial charge >= 0.3 is 0 Å². The molecule has 0 radical (unpaired) electrons. The average Bonchev–Trinajstić information content (AvgIpc) is 2.21. The minimum Gasteiger partial charge on any atom is -0.366 e. The van der Waals surface area contributed by atoms with E-state index in [4.69, 9.17) is 5.73 Å². The van der Waals surface area contributed by atoms with E-state index in [-0.39, 0.29) is 11.6 Å². The Kier molecular flexibility index (Phi) is 3.53. The van der Waals surface area contributed by atoms with Crippen molar-refractivity contribution in [2.75, 3.05) is 18.0 Å². The van der Waals surface area contributed by atoms with Gasteiger partial charge in [0.15, 0.2) is 0 Å². The van der Waals surface area contributed by atoms with Crippen LogP contribution in [0.4, 0.5) is 5.69 Å². The smallest absolute Gasteiger partial charge is 0.283 e. The Morgan fingerprint density at radius 1 is 1.59 bits per heavy atom. The van der Waals surface area contributed by atoms with Crippen molar-refractivity contribution in [1.29, 1.82) is 0 Å². The summed E-state index contributed by atoms with van der Waals surface area (Å²) in [7, 11) is 0. The van der Waals surface area contributed by atoms with Crippen molar-refractivity contribution >= 4 is 21.6 Å². The Morgan fingerprint density at radius 3 is 2.76 bits per heavy atom. The second kappa shape index (κ2) is 4.78. The van der Waals surface area contributed by atoms with Gasteiger partial charge < -0.3 is 10.6 Å². The van der Waals surface area contributed by atoms with E-state index >= 15 is 0 Å². The van der Waals surface area contributed by atoms with Crippen LogP contribution in [0.15, 0.2) is 15.5 Å². The molecule has 6 heteroatoms. The topological polar surface area (TPSA) is 64.2 Å². The normalized spacial score (nSPS) is 16.4. The third kappa shape index (κ3) is 2.52. The first kappa shape index (κ1) is 12.6. The summed E-state index contributed by atoms with van der Waals surface area (Å²) in [5.74, 6) is 0.399. The van der Waals surface area contributed by atoms with E-state index in [1.807, 2.05) is 0 Å². The molecule has 0 atom stereocenters. The standard InChI is InChI=1S/C11H17BrN4O/c1-7(2)4-16-11(17)10(12)9(3-14-16)15-5-8(13)6-15/h3,7-8H,4-6,13H2,1-2H3. The van der Waals surface area contributed by atoms with Gasteiger partial charge in [0, 0.05) is 25.7 Å². The lowest BCUT2D eigenvalue weighted by molar-refractivity contribution is 0.458. The van der Waals surface area contributed by atoms with Crippen LogP contribution in [0, 0.1) is 5.92 Å². The number of nitrogens with two attached hydrogens (primary N) is 1. The molecule has 1 aliphatic heterocycles. The van der Waals surface area contributed by atoms with E-state index < -0.39 is 0 Å². The predicted octanol–water partition coefficient (Wildman–Crippen LogP) is 0.809. The van der Waals surface area contributed by atoms with Crippen LogP contribution in [-0.2, 0) is 6.54 Å². The van der Waals surface area contributed by atoms with Crippen molar-refractivity contribution < 1.29 is 0 Å². The molecule has 2 N–H and O–H groups in total. The second-order valence-electron chi connectivity index (χ2n) is 4.89. The summed E-state index contributed by atoms with van der Waals surface area (Å²) in [6, 6.07) is 0.208. The molecule has 1 fully saturated rings. The molecule has 0 spiro atoms. The largest absolute Gasteiger partial charge is 0.366 e. The molecule has 5 nitrogen and oxygen atoms in total. The first-order valence-corrected chi connectivity index (χ1v) is 6.54. The van der Waals surface area contributed by atoms with Gasteiger partial charge in [0.05, 0.1) is 11.9 Å². The molecule has 1 aliphatic rings. The van der Waals surface area contributed by atoms with Gasteiger partial charge in [0.25, 0.3) is 5.56 Å². The van der Waals surface area contributed by atoms with Crippen molar-refractivity contribution in [3.05, 3.63) is 21.0 Å². The van der Waals surface area contributed by atoms with Crippen molar-refractivity contribution in [2.45, 2.75) is 26.4 Å². The van der Waals surface area contributed by atoms with Gasteiger partial charge in [-0.25, -0.2) is 4.68 Å². The van der Waals surface area contributed by atoms with Crippen molar-refractivity contribution in [2.24, 2.45) is 11.7 Å². The van der Waals surface area contributed by atoms with Crippen LogP contribution in [0.5, 0.6) is 0 Å². The van der Waals surface area contributed by atoms with E-state index in [0.29, 0.717) is 16.9 Å². The lowest BCUT2D eigenvalue weighted by Gasteiger charge is -2.38. The Morgan fingerprint density at radius 2 is 2.24 bits per heavy atom. The number of rotatable bonds is 3. The quantitative estimate of drug-likeness (QED) is 0.897. The summed E-state index contributed by atoms with van der Waals surface area (Å²) >= 11 is 3.36. The van der Waals surface area contributed by atoms with Crippen LogP contribution < -0.4 is 16.2 Å². The van der Waals surface area contributed by atoms with Gasteiger partial charge in [-0.1, -0.05) is 13.8 Å². The zero-order valence-electron chi connectivity index (χ0n) is 10.1. The van der Waals surface area contributed by atoms with Gasteiger partial charge in [0.1, 0.15) is 4.47 Å². The van der Waals surface area contributed by atoms with E-state index in [0.717, 1.165) is 18.8 Å². The maximum Gasteiger partial charge on any atom is 0.283 e. The molecule has 0 unspecified atom stereocenters. The number of nitrogens with zero attached hydrogens (tertiary/aromatic N) is 3. The fourth-order valence-corrected chi connectivity index (χ4v) is 2.42. The summed E-state index contributed by atoms with van der Waals surface area (Å²) in [5.41, 5.74) is 6.50. The molecule has 0 amide bonds. The number of halogens is 1. The van der Waals surface area contributed by atoms with Crippen LogP contribution in [0.3, 0.4) is 0 Å². The second-order valence-corrected chi connectivity index (χ2v) is 5.68. The molecule has 2 heterocycles. The van der Waals surface area contributed by atoms with Crippen molar-refractivity contribution in [1.82, 2.24) is 9.78 Å². The molecule has 0 saturated carbocycles. The highest BCUT2D eigenvalue weighted by atomic mass is 79.9. The van der Waals surface area contributed by atoms with E-state index in [1.165, 1.54) is 4.68 Å². The van der Waals surface area contributed by atoms with Crippen LogP contribution in [-0.4, -0.2) is 28.9 Å². The monoisotopic (exact) mass is 300 g/mol. The molecule has 2 rings (SSSR count). The Hall–Kier alpha value is -0.880. The zero-order chi connectivity index (χ0) is 12.6. The molecule has 1 saturated heterocycles. The van der Waals surface area contributed by atoms with Gasteiger partial charge in [-0.2, -0.15) is 5.10 Å². The van der Waals surface area contributed by atoms with Crippen LogP contribution >= 0.6 is 15.9 Å². The lowest BCUT2D eigenvalue weighted by Crippen LogP contribution is -2.56. The maximum atomic E-state index is 12.0. The highest BCUT2D eigenvalue weighted by Crippen LogP contribution is 2.25. The molecular formula is C11H17BrN4O. The lowest BCUT2D eigenvalue weighted by atomic mass is 10.1. The number of hydrogen-bond acceptors (Lipinski definition) is 4. The average molecular weight is 301 g/mol. The summed E-state index contributed by atoms with van der Waals surface area (Å²) in [6.07, 6.45) is 1.74. The van der Waals surface area contributed by atoms with Gasteiger partial charge in [-0.15, -0.1) is 0 Å². The third-order valence-electron chi connectivity index (χ3n) is 2.76. The number of anilines is 1. The van der Waals surface area contributed by atoms with Gasteiger partial charge in [-0.3, -0.25) is 4.79 Å². The number of hydrogen-bond donors (Lipinski definition) is 1. The first-order chi connectivity index (χ1) is 7.99. The molecule has 94 valence electrons. The maximum absolute atomic E-state index is 12.0. The summed E-state index contributed by atoms with van der Waals surface area (Å²) in [5, 5.41) is 4.20. The highest BCUT2D eigenvalue weighted by Gasteiger charge is 2.26. The molecular weight excluding hydrogens is 284 g/mol. The molecule has 0 bridgehead atoms.